The first-order valence-corrected chi connectivity index (χ1v) is 5.75. The molecule has 1 rings (SSSR count). The summed E-state index contributed by atoms with van der Waals surface area (Å²) in [7, 11) is 1.55. The third kappa shape index (κ3) is 3.94. The summed E-state index contributed by atoms with van der Waals surface area (Å²) in [6.07, 6.45) is 3.33. The van der Waals surface area contributed by atoms with Crippen LogP contribution in [0.5, 0.6) is 5.75 Å². The molecule has 0 bridgehead atoms. The fourth-order valence-electron chi connectivity index (χ4n) is 1.55. The van der Waals surface area contributed by atoms with E-state index in [1.54, 1.807) is 13.2 Å². The monoisotopic (exact) mass is 238 g/mol. The van der Waals surface area contributed by atoms with E-state index >= 15 is 0 Å². The average Bonchev–Trinajstić information content (AvgIpc) is 2.34. The topological polar surface area (TPSA) is 64.4 Å². The summed E-state index contributed by atoms with van der Waals surface area (Å²) in [4.78, 5) is 10.3. The standard InChI is InChI=1S/C12H18N2O3/c1-3-4-5-8-13-11-9-10(14(15)16)6-7-12(11)17-2/h6-7,9,13H,3-5,8H2,1-2H3. The molecule has 1 N–H and O–H groups in total. The Hall–Kier alpha value is -1.78. The van der Waals surface area contributed by atoms with Crippen LogP contribution in [0.4, 0.5) is 11.4 Å². The van der Waals surface area contributed by atoms with Gasteiger partial charge in [0.05, 0.1) is 17.7 Å². The highest BCUT2D eigenvalue weighted by molar-refractivity contribution is 5.61. The molecule has 0 aliphatic heterocycles. The van der Waals surface area contributed by atoms with E-state index < -0.39 is 4.92 Å². The Labute approximate surface area is 101 Å². The molecule has 1 aromatic rings. The largest absolute Gasteiger partial charge is 0.495 e. The molecule has 0 spiro atoms. The third-order valence-corrected chi connectivity index (χ3v) is 2.49. The van der Waals surface area contributed by atoms with Crippen LogP contribution in [0.1, 0.15) is 26.2 Å². The number of rotatable bonds is 7. The van der Waals surface area contributed by atoms with Gasteiger partial charge in [-0.15, -0.1) is 0 Å². The highest BCUT2D eigenvalue weighted by Crippen LogP contribution is 2.28. The van der Waals surface area contributed by atoms with E-state index in [0.717, 1.165) is 25.8 Å². The number of nitrogens with one attached hydrogen (secondary N) is 1. The second-order valence-corrected chi connectivity index (χ2v) is 3.78. The zero-order valence-electron chi connectivity index (χ0n) is 10.2. The normalized spacial score (nSPS) is 10.0. The summed E-state index contributed by atoms with van der Waals surface area (Å²) in [5.74, 6) is 0.632. The van der Waals surface area contributed by atoms with Crippen LogP contribution in [0.25, 0.3) is 0 Å². The van der Waals surface area contributed by atoms with E-state index in [4.69, 9.17) is 4.74 Å². The number of methoxy groups -OCH3 is 1. The Morgan fingerprint density at radius 1 is 1.41 bits per heavy atom. The second-order valence-electron chi connectivity index (χ2n) is 3.78. The second kappa shape index (κ2) is 6.73. The molecule has 5 nitrogen and oxygen atoms in total. The van der Waals surface area contributed by atoms with Gasteiger partial charge >= 0.3 is 0 Å². The van der Waals surface area contributed by atoms with Crippen molar-refractivity contribution in [2.75, 3.05) is 19.0 Å². The number of ether oxygens (including phenoxy) is 1. The summed E-state index contributed by atoms with van der Waals surface area (Å²) in [6, 6.07) is 4.56. The van der Waals surface area contributed by atoms with E-state index in [1.165, 1.54) is 12.1 Å². The van der Waals surface area contributed by atoms with Crippen molar-refractivity contribution >= 4 is 11.4 Å². The molecule has 0 aliphatic carbocycles. The van der Waals surface area contributed by atoms with Crippen LogP contribution in [0.3, 0.4) is 0 Å². The number of benzene rings is 1. The number of nitro groups is 1. The molecule has 94 valence electrons. The van der Waals surface area contributed by atoms with E-state index in [-0.39, 0.29) is 5.69 Å². The van der Waals surface area contributed by atoms with Gasteiger partial charge in [0.15, 0.2) is 0 Å². The number of anilines is 1. The first-order chi connectivity index (χ1) is 8.19. The fourth-order valence-corrected chi connectivity index (χ4v) is 1.55. The zero-order chi connectivity index (χ0) is 12.7. The van der Waals surface area contributed by atoms with Crippen LogP contribution in [0.2, 0.25) is 0 Å². The van der Waals surface area contributed by atoms with E-state index in [0.29, 0.717) is 11.4 Å². The lowest BCUT2D eigenvalue weighted by Gasteiger charge is -2.10. The predicted octanol–water partition coefficient (Wildman–Crippen LogP) is 3.21. The lowest BCUT2D eigenvalue weighted by molar-refractivity contribution is -0.384. The van der Waals surface area contributed by atoms with Gasteiger partial charge in [-0.05, 0) is 12.5 Å². The van der Waals surface area contributed by atoms with Gasteiger partial charge in [0.25, 0.3) is 5.69 Å². The van der Waals surface area contributed by atoms with Crippen LogP contribution >= 0.6 is 0 Å². The highest BCUT2D eigenvalue weighted by atomic mass is 16.6. The molecule has 0 radical (unpaired) electrons. The van der Waals surface area contributed by atoms with Gasteiger partial charge in [-0.25, -0.2) is 0 Å². The Kier molecular flexibility index (Phi) is 5.26. The van der Waals surface area contributed by atoms with Gasteiger partial charge in [0, 0.05) is 18.7 Å². The number of nitro benzene ring substituents is 1. The summed E-state index contributed by atoms with van der Waals surface area (Å²) in [5, 5.41) is 13.8. The van der Waals surface area contributed by atoms with E-state index in [2.05, 4.69) is 12.2 Å². The van der Waals surface area contributed by atoms with Gasteiger partial charge in [-0.2, -0.15) is 0 Å². The van der Waals surface area contributed by atoms with Crippen molar-refractivity contribution in [3.05, 3.63) is 28.3 Å². The summed E-state index contributed by atoms with van der Waals surface area (Å²) in [5.41, 5.74) is 0.751. The molecule has 5 heteroatoms. The quantitative estimate of drug-likeness (QED) is 0.450. The van der Waals surface area contributed by atoms with E-state index in [9.17, 15) is 10.1 Å². The van der Waals surface area contributed by atoms with Crippen LogP contribution < -0.4 is 10.1 Å². The van der Waals surface area contributed by atoms with Crippen LogP contribution in [0.15, 0.2) is 18.2 Å². The maximum absolute atomic E-state index is 10.7. The van der Waals surface area contributed by atoms with Crippen LogP contribution in [-0.2, 0) is 0 Å². The molecule has 0 aliphatic rings. The molecule has 0 saturated carbocycles. The molecule has 0 unspecified atom stereocenters. The molecule has 17 heavy (non-hydrogen) atoms. The molecule has 0 amide bonds. The van der Waals surface area contributed by atoms with Crippen LogP contribution in [-0.4, -0.2) is 18.6 Å². The molecule has 0 heterocycles. The number of hydrogen-bond donors (Lipinski definition) is 1. The third-order valence-electron chi connectivity index (χ3n) is 2.49. The van der Waals surface area contributed by atoms with E-state index in [1.807, 2.05) is 0 Å². The van der Waals surface area contributed by atoms with Crippen molar-refractivity contribution in [2.24, 2.45) is 0 Å². The van der Waals surface area contributed by atoms with Gasteiger partial charge in [0.1, 0.15) is 5.75 Å². The summed E-state index contributed by atoms with van der Waals surface area (Å²) in [6.45, 7) is 2.93. The van der Waals surface area contributed by atoms with Crippen molar-refractivity contribution in [3.63, 3.8) is 0 Å². The minimum Gasteiger partial charge on any atom is -0.495 e. The lowest BCUT2D eigenvalue weighted by Crippen LogP contribution is -2.03. The molecule has 0 atom stereocenters. The number of nitrogens with zero attached hydrogens (tertiary/aromatic N) is 1. The number of non-ortho nitro benzene ring substituents is 1. The Bertz CT molecular complexity index is 380. The SMILES string of the molecule is CCCCCNc1cc([N+](=O)[O-])ccc1OC. The van der Waals surface area contributed by atoms with Crippen molar-refractivity contribution in [3.8, 4) is 5.75 Å². The average molecular weight is 238 g/mol. The Balaban J connectivity index is 2.72. The minimum atomic E-state index is -0.406. The fraction of sp³-hybridized carbons (Fsp3) is 0.500. The van der Waals surface area contributed by atoms with Gasteiger partial charge in [-0.3, -0.25) is 10.1 Å². The van der Waals surface area contributed by atoms with Crippen molar-refractivity contribution in [1.82, 2.24) is 0 Å². The molecular formula is C12H18N2O3. The molecule has 0 aromatic heterocycles. The molecule has 1 aromatic carbocycles. The molecule has 0 fully saturated rings. The summed E-state index contributed by atoms with van der Waals surface area (Å²) < 4.78 is 5.15. The van der Waals surface area contributed by atoms with Gasteiger partial charge < -0.3 is 10.1 Å². The Morgan fingerprint density at radius 2 is 2.18 bits per heavy atom. The smallest absolute Gasteiger partial charge is 0.271 e. The Morgan fingerprint density at radius 3 is 2.76 bits per heavy atom. The van der Waals surface area contributed by atoms with Crippen molar-refractivity contribution < 1.29 is 9.66 Å². The molecular weight excluding hydrogens is 220 g/mol. The zero-order valence-corrected chi connectivity index (χ0v) is 10.2. The maximum atomic E-state index is 10.7. The van der Waals surface area contributed by atoms with Gasteiger partial charge in [0.2, 0.25) is 0 Å². The molecule has 0 saturated heterocycles. The lowest BCUT2D eigenvalue weighted by atomic mass is 10.2. The summed E-state index contributed by atoms with van der Waals surface area (Å²) >= 11 is 0. The predicted molar refractivity (Wildman–Crippen MR) is 67.7 cm³/mol. The first kappa shape index (κ1) is 13.3. The first-order valence-electron chi connectivity index (χ1n) is 5.75. The van der Waals surface area contributed by atoms with Crippen molar-refractivity contribution in [1.29, 1.82) is 0 Å². The maximum Gasteiger partial charge on any atom is 0.271 e. The number of unbranched alkanes of at least 4 members (excludes halogenated alkanes) is 2. The van der Waals surface area contributed by atoms with Crippen LogP contribution in [0, 0.1) is 10.1 Å². The minimum absolute atomic E-state index is 0.0730. The van der Waals surface area contributed by atoms with Crippen molar-refractivity contribution in [2.45, 2.75) is 26.2 Å². The van der Waals surface area contributed by atoms with Gasteiger partial charge in [-0.1, -0.05) is 19.8 Å². The number of hydrogen-bond acceptors (Lipinski definition) is 4. The highest BCUT2D eigenvalue weighted by Gasteiger charge is 2.10.